The number of nitrogens with zero attached hydrogens (tertiary/aromatic N) is 1. The minimum absolute atomic E-state index is 0.447. The molecule has 0 aliphatic carbocycles. The van der Waals surface area contributed by atoms with Gasteiger partial charge in [0.2, 0.25) is 0 Å². The Balaban J connectivity index is 1.56. The SMILES string of the molecule is CC(C)(O)C(C)(C)OBc1ccc(-n2c3ccccc3c3ccc(-c4ccccc4)cc32)cc1. The molecule has 0 aliphatic heterocycles. The van der Waals surface area contributed by atoms with Crippen LogP contribution in [0.1, 0.15) is 27.7 Å². The van der Waals surface area contributed by atoms with Crippen molar-refractivity contribution in [2.24, 2.45) is 0 Å². The van der Waals surface area contributed by atoms with E-state index in [9.17, 15) is 5.11 Å². The first-order chi connectivity index (χ1) is 16.2. The van der Waals surface area contributed by atoms with E-state index in [2.05, 4.69) is 95.6 Å². The maximum absolute atomic E-state index is 10.4. The minimum Gasteiger partial charge on any atom is -0.427 e. The lowest BCUT2D eigenvalue weighted by Crippen LogP contribution is -2.49. The highest BCUT2D eigenvalue weighted by Crippen LogP contribution is 2.34. The van der Waals surface area contributed by atoms with E-state index >= 15 is 0 Å². The van der Waals surface area contributed by atoms with E-state index in [1.54, 1.807) is 13.8 Å². The normalized spacial score (nSPS) is 12.4. The Labute approximate surface area is 201 Å². The molecule has 1 aromatic heterocycles. The first-order valence-corrected chi connectivity index (χ1v) is 11.8. The van der Waals surface area contributed by atoms with Crippen molar-refractivity contribution in [2.75, 3.05) is 0 Å². The van der Waals surface area contributed by atoms with Crippen LogP contribution < -0.4 is 5.46 Å². The van der Waals surface area contributed by atoms with Gasteiger partial charge in [0.1, 0.15) is 0 Å². The van der Waals surface area contributed by atoms with Crippen LogP contribution in [0.5, 0.6) is 0 Å². The van der Waals surface area contributed by atoms with Gasteiger partial charge in [0.15, 0.2) is 0 Å². The zero-order chi connectivity index (χ0) is 23.9. The summed E-state index contributed by atoms with van der Waals surface area (Å²) in [6.45, 7) is 7.40. The van der Waals surface area contributed by atoms with Crippen LogP contribution in [0.3, 0.4) is 0 Å². The van der Waals surface area contributed by atoms with Gasteiger partial charge >= 0.3 is 7.48 Å². The van der Waals surface area contributed by atoms with Crippen molar-refractivity contribution < 1.29 is 9.76 Å². The maximum Gasteiger partial charge on any atom is 0.309 e. The first kappa shape index (κ1) is 22.5. The van der Waals surface area contributed by atoms with E-state index in [1.807, 2.05) is 19.9 Å². The number of rotatable bonds is 6. The third-order valence-corrected chi connectivity index (χ3v) is 7.05. The number of para-hydroxylation sites is 1. The second-order valence-electron chi connectivity index (χ2n) is 9.97. The van der Waals surface area contributed by atoms with Crippen molar-refractivity contribution >= 4 is 34.8 Å². The molecule has 0 bridgehead atoms. The Hall–Kier alpha value is -3.34. The molecule has 0 atom stereocenters. The predicted octanol–water partition coefficient (Wildman–Crippen LogP) is 5.99. The molecule has 1 N–H and O–H groups in total. The van der Waals surface area contributed by atoms with E-state index in [-0.39, 0.29) is 0 Å². The summed E-state index contributed by atoms with van der Waals surface area (Å²) in [6.07, 6.45) is 0. The minimum atomic E-state index is -0.924. The number of hydrogen-bond donors (Lipinski definition) is 1. The van der Waals surface area contributed by atoms with Crippen LogP contribution in [-0.4, -0.2) is 28.4 Å². The number of hydrogen-bond acceptors (Lipinski definition) is 2. The fourth-order valence-electron chi connectivity index (χ4n) is 4.24. The van der Waals surface area contributed by atoms with Crippen LogP contribution in [0.4, 0.5) is 0 Å². The van der Waals surface area contributed by atoms with Gasteiger partial charge in [-0.1, -0.05) is 78.3 Å². The van der Waals surface area contributed by atoms with Crippen LogP contribution in [0, 0.1) is 0 Å². The third kappa shape index (κ3) is 4.04. The summed E-state index contributed by atoms with van der Waals surface area (Å²) in [6, 6.07) is 34.3. The van der Waals surface area contributed by atoms with Crippen molar-refractivity contribution in [2.45, 2.75) is 38.9 Å². The molecule has 4 aromatic carbocycles. The average molecular weight is 447 g/mol. The summed E-state index contributed by atoms with van der Waals surface area (Å²) in [5.74, 6) is 0. The van der Waals surface area contributed by atoms with Gasteiger partial charge in [0.05, 0.1) is 22.2 Å². The van der Waals surface area contributed by atoms with Crippen LogP contribution in [0.2, 0.25) is 0 Å². The fraction of sp³-hybridized carbons (Fsp3) is 0.200. The Morgan fingerprint density at radius 2 is 1.32 bits per heavy atom. The molecular formula is C30H30BNO2. The van der Waals surface area contributed by atoms with Crippen LogP contribution in [0.15, 0.2) is 97.1 Å². The van der Waals surface area contributed by atoms with E-state index in [4.69, 9.17) is 4.65 Å². The van der Waals surface area contributed by atoms with E-state index in [0.717, 1.165) is 11.2 Å². The summed E-state index contributed by atoms with van der Waals surface area (Å²) in [5, 5.41) is 12.9. The topological polar surface area (TPSA) is 34.4 Å². The van der Waals surface area contributed by atoms with Gasteiger partial charge in [0, 0.05) is 16.5 Å². The van der Waals surface area contributed by atoms with Gasteiger partial charge in [-0.05, 0) is 63.1 Å². The van der Waals surface area contributed by atoms with Crippen molar-refractivity contribution in [3.63, 3.8) is 0 Å². The largest absolute Gasteiger partial charge is 0.427 e. The molecule has 0 saturated carbocycles. The molecule has 0 aliphatic rings. The Kier molecular flexibility index (Phi) is 5.59. The van der Waals surface area contributed by atoms with Crippen molar-refractivity contribution in [3.8, 4) is 16.8 Å². The summed E-state index contributed by atoms with van der Waals surface area (Å²) in [7, 11) is 0.447. The van der Waals surface area contributed by atoms with Gasteiger partial charge in [-0.25, -0.2) is 0 Å². The van der Waals surface area contributed by atoms with Gasteiger partial charge in [-0.3, -0.25) is 0 Å². The predicted molar refractivity (Wildman–Crippen MR) is 144 cm³/mol. The number of benzene rings is 4. The lowest BCUT2D eigenvalue weighted by atomic mass is 9.82. The highest BCUT2D eigenvalue weighted by atomic mass is 16.5. The van der Waals surface area contributed by atoms with Gasteiger partial charge in [-0.2, -0.15) is 0 Å². The highest BCUT2D eigenvalue weighted by Gasteiger charge is 2.35. The number of aromatic nitrogens is 1. The first-order valence-electron chi connectivity index (χ1n) is 11.8. The molecular weight excluding hydrogens is 417 g/mol. The monoisotopic (exact) mass is 447 g/mol. The lowest BCUT2D eigenvalue weighted by molar-refractivity contribution is -0.0893. The van der Waals surface area contributed by atoms with Crippen LogP contribution in [0.25, 0.3) is 38.6 Å². The lowest BCUT2D eigenvalue weighted by Gasteiger charge is -2.37. The van der Waals surface area contributed by atoms with Crippen molar-refractivity contribution in [1.29, 1.82) is 0 Å². The molecule has 34 heavy (non-hydrogen) atoms. The van der Waals surface area contributed by atoms with Gasteiger partial charge in [0.25, 0.3) is 0 Å². The number of aliphatic hydroxyl groups is 1. The molecule has 4 heteroatoms. The van der Waals surface area contributed by atoms with Gasteiger partial charge < -0.3 is 14.3 Å². The second kappa shape index (κ2) is 8.46. The molecule has 0 unspecified atom stereocenters. The van der Waals surface area contributed by atoms with Crippen molar-refractivity contribution in [3.05, 3.63) is 97.1 Å². The fourth-order valence-corrected chi connectivity index (χ4v) is 4.24. The standard InChI is InChI=1S/C30H30BNO2/c1-29(2,33)30(3,4)34-31-23-15-17-24(18-16-23)32-27-13-9-8-12-25(27)26-19-14-22(20-28(26)32)21-10-6-5-7-11-21/h5-20,31,33H,1-4H3. The number of fused-ring (bicyclic) bond motifs is 3. The zero-order valence-electron chi connectivity index (χ0n) is 20.2. The summed E-state index contributed by atoms with van der Waals surface area (Å²) in [5.41, 5.74) is 5.41. The molecule has 0 saturated heterocycles. The zero-order valence-corrected chi connectivity index (χ0v) is 20.2. The summed E-state index contributed by atoms with van der Waals surface area (Å²) in [4.78, 5) is 0. The molecule has 1 heterocycles. The van der Waals surface area contributed by atoms with Gasteiger partial charge in [-0.15, -0.1) is 0 Å². The molecule has 0 amide bonds. The van der Waals surface area contributed by atoms with E-state index in [0.29, 0.717) is 7.48 Å². The quantitative estimate of drug-likeness (QED) is 0.324. The maximum atomic E-state index is 10.4. The highest BCUT2D eigenvalue weighted by molar-refractivity contribution is 6.47. The molecule has 3 nitrogen and oxygen atoms in total. The Morgan fingerprint density at radius 3 is 2.03 bits per heavy atom. The van der Waals surface area contributed by atoms with Crippen LogP contribution in [-0.2, 0) is 4.65 Å². The third-order valence-electron chi connectivity index (χ3n) is 7.05. The Morgan fingerprint density at radius 1 is 0.676 bits per heavy atom. The summed E-state index contributed by atoms with van der Waals surface area (Å²) < 4.78 is 8.39. The van der Waals surface area contributed by atoms with Crippen molar-refractivity contribution in [1.82, 2.24) is 4.57 Å². The molecule has 0 spiro atoms. The average Bonchev–Trinajstić information content (AvgIpc) is 3.17. The second-order valence-corrected chi connectivity index (χ2v) is 9.97. The summed E-state index contributed by atoms with van der Waals surface area (Å²) >= 11 is 0. The smallest absolute Gasteiger partial charge is 0.309 e. The Bertz CT molecular complexity index is 1450. The van der Waals surface area contributed by atoms with E-state index < -0.39 is 11.2 Å². The molecule has 5 rings (SSSR count). The molecule has 0 radical (unpaired) electrons. The molecule has 0 fully saturated rings. The van der Waals surface area contributed by atoms with Crippen LogP contribution >= 0.6 is 0 Å². The molecule has 170 valence electrons. The van der Waals surface area contributed by atoms with E-state index in [1.165, 1.54) is 32.9 Å². The molecule has 5 aromatic rings.